The number of benzene rings is 2. The third-order valence-electron chi connectivity index (χ3n) is 8.62. The van der Waals surface area contributed by atoms with Gasteiger partial charge in [0.2, 0.25) is 17.7 Å². The number of thioether (sulfide) groups is 1. The highest BCUT2D eigenvalue weighted by Gasteiger charge is 2.76. The Morgan fingerprint density at radius 3 is 2.38 bits per heavy atom. The van der Waals surface area contributed by atoms with E-state index < -0.39 is 28.7 Å². The average molecular weight is 629 g/mol. The molecule has 3 heterocycles. The van der Waals surface area contributed by atoms with Crippen molar-refractivity contribution in [3.8, 4) is 0 Å². The molecule has 4 unspecified atom stereocenters. The van der Waals surface area contributed by atoms with Gasteiger partial charge in [0.15, 0.2) is 0 Å². The summed E-state index contributed by atoms with van der Waals surface area (Å²) in [7, 11) is 0. The van der Waals surface area contributed by atoms with E-state index in [9.17, 15) is 19.5 Å². The highest BCUT2D eigenvalue weighted by Crippen LogP contribution is 2.68. The molecule has 3 aliphatic heterocycles. The summed E-state index contributed by atoms with van der Waals surface area (Å²) in [5.41, 5.74) is 1.97. The van der Waals surface area contributed by atoms with E-state index in [1.54, 1.807) is 16.7 Å². The molecule has 0 saturated carbocycles. The number of fused-ring (bicyclic) bond motifs is 1. The lowest BCUT2D eigenvalue weighted by molar-refractivity contribution is -0.142. The van der Waals surface area contributed by atoms with Crippen molar-refractivity contribution < 1.29 is 19.5 Å². The number of nitrogens with one attached hydrogen (secondary N) is 2. The first-order valence-corrected chi connectivity index (χ1v) is 16.0. The maximum Gasteiger partial charge on any atom is 0.244 e. The van der Waals surface area contributed by atoms with Crippen LogP contribution in [0.25, 0.3) is 0 Å². The van der Waals surface area contributed by atoms with E-state index in [1.165, 1.54) is 0 Å². The Hall–Kier alpha value is -2.36. The number of aliphatic hydroxyl groups is 1. The number of halogens is 1. The van der Waals surface area contributed by atoms with E-state index in [0.29, 0.717) is 19.4 Å². The van der Waals surface area contributed by atoms with Gasteiger partial charge in [0.05, 0.1) is 29.2 Å². The molecular formula is C31H38BrN3O4S. The van der Waals surface area contributed by atoms with E-state index in [0.717, 1.165) is 24.0 Å². The number of carbonyl (C=O) groups excluding carboxylic acids is 3. The molecule has 8 atom stereocenters. The van der Waals surface area contributed by atoms with Crippen molar-refractivity contribution in [1.82, 2.24) is 15.5 Å². The van der Waals surface area contributed by atoms with Gasteiger partial charge in [0.1, 0.15) is 6.04 Å². The molecule has 0 radical (unpaired) electrons. The Kier molecular flexibility index (Phi) is 8.92. The molecule has 0 aromatic heterocycles. The second-order valence-electron chi connectivity index (χ2n) is 11.3. The molecular weight excluding hydrogens is 590 g/mol. The molecule has 40 heavy (non-hydrogen) atoms. The lowest BCUT2D eigenvalue weighted by Gasteiger charge is -2.38. The molecule has 5 rings (SSSR count). The zero-order valence-electron chi connectivity index (χ0n) is 23.0. The number of nitrogens with zero attached hydrogens (tertiary/aromatic N) is 1. The van der Waals surface area contributed by atoms with E-state index in [4.69, 9.17) is 0 Å². The van der Waals surface area contributed by atoms with Crippen LogP contribution in [0.2, 0.25) is 0 Å². The molecule has 9 heteroatoms. The number of carbonyl (C=O) groups is 3. The first-order valence-electron chi connectivity index (χ1n) is 14.2. The summed E-state index contributed by atoms with van der Waals surface area (Å²) < 4.78 is -0.745. The number of amides is 3. The molecule has 2 aromatic carbocycles. The first kappa shape index (κ1) is 29.1. The van der Waals surface area contributed by atoms with Gasteiger partial charge in [-0.15, -0.1) is 11.8 Å². The summed E-state index contributed by atoms with van der Waals surface area (Å²) in [5.74, 6) is -1.75. The van der Waals surface area contributed by atoms with Crippen molar-refractivity contribution in [1.29, 1.82) is 0 Å². The van der Waals surface area contributed by atoms with Gasteiger partial charge in [-0.1, -0.05) is 89.9 Å². The normalized spacial score (nSPS) is 30.1. The van der Waals surface area contributed by atoms with Crippen molar-refractivity contribution in [2.45, 2.75) is 79.0 Å². The molecule has 7 nitrogen and oxygen atoms in total. The summed E-state index contributed by atoms with van der Waals surface area (Å²) in [6, 6.07) is 18.0. The largest absolute Gasteiger partial charge is 0.394 e. The van der Waals surface area contributed by atoms with Gasteiger partial charge in [0.25, 0.3) is 0 Å². The Bertz CT molecular complexity index is 1220. The minimum Gasteiger partial charge on any atom is -0.394 e. The van der Waals surface area contributed by atoms with Gasteiger partial charge in [0, 0.05) is 22.7 Å². The Morgan fingerprint density at radius 2 is 1.75 bits per heavy atom. The quantitative estimate of drug-likeness (QED) is 0.330. The molecule has 214 valence electrons. The minimum absolute atomic E-state index is 0.000888. The highest BCUT2D eigenvalue weighted by molar-refractivity contribution is 9.09. The van der Waals surface area contributed by atoms with Crippen LogP contribution >= 0.6 is 27.7 Å². The zero-order chi connectivity index (χ0) is 28.4. The number of alkyl halides is 1. The molecule has 3 amide bonds. The van der Waals surface area contributed by atoms with Crippen LogP contribution in [0.15, 0.2) is 60.7 Å². The Balaban J connectivity index is 1.49. The molecule has 3 aliphatic rings. The maximum absolute atomic E-state index is 14.4. The molecule has 0 aliphatic carbocycles. The SMILES string of the molecule is CCCC(C)NC(=O)C1N([C@@H](CO)Cc2ccccc2)C(=O)[C@@H]2[C@H](C(=O)NCc3ccccc3)[C@H]3SC12CC3Br. The van der Waals surface area contributed by atoms with Crippen LogP contribution in [-0.4, -0.2) is 67.3 Å². The standard InChI is InChI=1S/C31H38BrN3O4S/c1-3-10-19(2)34-29(38)27-31-16-23(32)26(40-31)24(28(37)33-17-21-13-8-5-9-14-21)25(31)30(39)35(27)22(18-36)15-20-11-6-4-7-12-20/h4-9,11-14,19,22-27,36H,3,10,15-18H2,1-2H3,(H,33,37)(H,34,38)/t19?,22-,23?,24+,25+,26+,27?,31?/m1/s1. The van der Waals surface area contributed by atoms with Gasteiger partial charge in [-0.25, -0.2) is 0 Å². The molecule has 3 fully saturated rings. The molecule has 2 aromatic rings. The van der Waals surface area contributed by atoms with E-state index in [2.05, 4.69) is 33.5 Å². The van der Waals surface area contributed by atoms with Gasteiger partial charge < -0.3 is 20.6 Å². The molecule has 3 saturated heterocycles. The predicted molar refractivity (Wildman–Crippen MR) is 161 cm³/mol. The zero-order valence-corrected chi connectivity index (χ0v) is 25.4. The predicted octanol–water partition coefficient (Wildman–Crippen LogP) is 3.68. The minimum atomic E-state index is -0.771. The highest BCUT2D eigenvalue weighted by atomic mass is 79.9. The Labute approximate surface area is 249 Å². The first-order chi connectivity index (χ1) is 19.3. The van der Waals surface area contributed by atoms with Gasteiger partial charge in [-0.3, -0.25) is 14.4 Å². The van der Waals surface area contributed by atoms with Crippen LogP contribution in [0, 0.1) is 11.8 Å². The van der Waals surface area contributed by atoms with Crippen LogP contribution in [0.3, 0.4) is 0 Å². The smallest absolute Gasteiger partial charge is 0.244 e. The van der Waals surface area contributed by atoms with Crippen molar-refractivity contribution in [3.63, 3.8) is 0 Å². The van der Waals surface area contributed by atoms with Crippen molar-refractivity contribution in [2.75, 3.05) is 6.61 Å². The van der Waals surface area contributed by atoms with Crippen LogP contribution < -0.4 is 10.6 Å². The third kappa shape index (κ3) is 5.32. The van der Waals surface area contributed by atoms with Crippen molar-refractivity contribution >= 4 is 45.4 Å². The van der Waals surface area contributed by atoms with Gasteiger partial charge in [-0.05, 0) is 37.3 Å². The number of hydrogen-bond acceptors (Lipinski definition) is 5. The monoisotopic (exact) mass is 627 g/mol. The van der Waals surface area contributed by atoms with Crippen molar-refractivity contribution in [3.05, 3.63) is 71.8 Å². The van der Waals surface area contributed by atoms with Crippen LogP contribution in [0.5, 0.6) is 0 Å². The van der Waals surface area contributed by atoms with E-state index in [-0.39, 0.29) is 40.4 Å². The summed E-state index contributed by atoms with van der Waals surface area (Å²) in [5, 5.41) is 16.7. The number of likely N-dealkylation sites (tertiary alicyclic amines) is 1. The lowest BCUT2D eigenvalue weighted by Crippen LogP contribution is -2.58. The van der Waals surface area contributed by atoms with Crippen LogP contribution in [-0.2, 0) is 27.3 Å². The Morgan fingerprint density at radius 1 is 1.10 bits per heavy atom. The topological polar surface area (TPSA) is 98.7 Å². The fourth-order valence-electron chi connectivity index (χ4n) is 6.93. The van der Waals surface area contributed by atoms with Gasteiger partial charge in [-0.2, -0.15) is 0 Å². The van der Waals surface area contributed by atoms with E-state index >= 15 is 0 Å². The maximum atomic E-state index is 14.4. The fraction of sp³-hybridized carbons (Fsp3) is 0.516. The number of hydrogen-bond donors (Lipinski definition) is 3. The van der Waals surface area contributed by atoms with Gasteiger partial charge >= 0.3 is 0 Å². The summed E-state index contributed by atoms with van der Waals surface area (Å²) >= 11 is 5.44. The van der Waals surface area contributed by atoms with Crippen LogP contribution in [0.1, 0.15) is 44.2 Å². The van der Waals surface area contributed by atoms with E-state index in [1.807, 2.05) is 67.6 Å². The fourth-order valence-corrected chi connectivity index (χ4v) is 10.5. The number of rotatable bonds is 11. The lowest BCUT2D eigenvalue weighted by atomic mass is 9.70. The molecule has 3 N–H and O–H groups in total. The summed E-state index contributed by atoms with van der Waals surface area (Å²) in [6.07, 6.45) is 2.80. The summed E-state index contributed by atoms with van der Waals surface area (Å²) in [4.78, 5) is 43.9. The van der Waals surface area contributed by atoms with Crippen LogP contribution in [0.4, 0.5) is 0 Å². The van der Waals surface area contributed by atoms with Crippen molar-refractivity contribution in [2.24, 2.45) is 11.8 Å². The second-order valence-corrected chi connectivity index (χ2v) is 14.1. The average Bonchev–Trinajstić information content (AvgIpc) is 3.55. The third-order valence-corrected chi connectivity index (χ3v) is 11.8. The number of aliphatic hydroxyl groups excluding tert-OH is 1. The molecule has 1 spiro atoms. The second kappa shape index (κ2) is 12.2. The molecule has 2 bridgehead atoms. The summed E-state index contributed by atoms with van der Waals surface area (Å²) in [6.45, 7) is 4.17.